The van der Waals surface area contributed by atoms with E-state index in [1.165, 1.54) is 11.5 Å². The lowest BCUT2D eigenvalue weighted by Gasteiger charge is -2.23. The van der Waals surface area contributed by atoms with Crippen LogP contribution in [0.5, 0.6) is 0 Å². The number of carbonyl (C=O) groups excluding carboxylic acids is 2. The minimum Gasteiger partial charge on any atom is -0.332 e. The van der Waals surface area contributed by atoms with E-state index in [0.717, 1.165) is 31.2 Å². The number of hydrogen-bond donors (Lipinski definition) is 0. The maximum atomic E-state index is 12.5. The number of anilines is 1. The Morgan fingerprint density at radius 2 is 1.70 bits per heavy atom. The highest BCUT2D eigenvalue weighted by Gasteiger charge is 2.47. The van der Waals surface area contributed by atoms with Crippen molar-refractivity contribution in [1.29, 1.82) is 0 Å². The second kappa shape index (κ2) is 5.27. The molecule has 1 aromatic rings. The third-order valence-electron chi connectivity index (χ3n) is 4.29. The Morgan fingerprint density at radius 1 is 1.05 bits per heavy atom. The fourth-order valence-electron chi connectivity index (χ4n) is 3.14. The average Bonchev–Trinajstić information content (AvgIpc) is 2.76. The highest BCUT2D eigenvalue weighted by Crippen LogP contribution is 2.36. The summed E-state index contributed by atoms with van der Waals surface area (Å²) < 4.78 is 0. The number of rotatable bonds is 2. The molecule has 0 N–H and O–H groups in total. The van der Waals surface area contributed by atoms with E-state index >= 15 is 0 Å². The predicted molar refractivity (Wildman–Crippen MR) is 74.8 cm³/mol. The van der Waals surface area contributed by atoms with Crippen LogP contribution in [0.3, 0.4) is 0 Å². The summed E-state index contributed by atoms with van der Waals surface area (Å²) in [6, 6.07) is 7.43. The molecule has 1 saturated heterocycles. The Balaban J connectivity index is 1.80. The first-order chi connectivity index (χ1) is 9.66. The van der Waals surface area contributed by atoms with E-state index < -0.39 is 5.92 Å². The molecule has 1 aromatic carbocycles. The Hall–Kier alpha value is -1.84. The predicted octanol–water partition coefficient (Wildman–Crippen LogP) is 3.00. The summed E-state index contributed by atoms with van der Waals surface area (Å²) in [5, 5.41) is 1.17. The molecule has 2 aliphatic rings. The van der Waals surface area contributed by atoms with Gasteiger partial charge in [0.05, 0.1) is 5.69 Å². The van der Waals surface area contributed by atoms with Gasteiger partial charge in [-0.05, 0) is 37.8 Å². The quantitative estimate of drug-likeness (QED) is 0.778. The van der Waals surface area contributed by atoms with Crippen LogP contribution in [0.2, 0.25) is 0 Å². The standard InChI is InChI=1S/C16H19NO3/c1-11-7-9-13(10-8-11)17-15(18)14(16(19)20-17)12-5-3-2-4-6-12/h7-10,12,14H,2-6H2,1H3. The molecule has 3 rings (SSSR count). The monoisotopic (exact) mass is 273 g/mol. The van der Waals surface area contributed by atoms with Gasteiger partial charge in [-0.2, -0.15) is 0 Å². The van der Waals surface area contributed by atoms with Crippen molar-refractivity contribution in [1.82, 2.24) is 0 Å². The molecule has 1 atom stereocenters. The number of aryl methyl sites for hydroxylation is 1. The molecular weight excluding hydrogens is 254 g/mol. The van der Waals surface area contributed by atoms with Gasteiger partial charge in [0.1, 0.15) is 5.92 Å². The third kappa shape index (κ3) is 2.30. The molecule has 1 saturated carbocycles. The Kier molecular flexibility index (Phi) is 3.47. The molecule has 1 aliphatic carbocycles. The van der Waals surface area contributed by atoms with Crippen molar-refractivity contribution in [3.8, 4) is 0 Å². The van der Waals surface area contributed by atoms with Crippen LogP contribution in [0.25, 0.3) is 0 Å². The molecule has 0 spiro atoms. The van der Waals surface area contributed by atoms with Gasteiger partial charge in [-0.25, -0.2) is 4.79 Å². The number of amides is 1. The zero-order chi connectivity index (χ0) is 14.1. The van der Waals surface area contributed by atoms with E-state index in [-0.39, 0.29) is 17.8 Å². The molecule has 106 valence electrons. The lowest BCUT2D eigenvalue weighted by Crippen LogP contribution is -2.31. The maximum absolute atomic E-state index is 12.5. The van der Waals surface area contributed by atoms with Gasteiger partial charge in [0.15, 0.2) is 0 Å². The van der Waals surface area contributed by atoms with Crippen molar-refractivity contribution in [2.24, 2.45) is 11.8 Å². The SMILES string of the molecule is Cc1ccc(N2OC(=O)C(C3CCCCC3)C2=O)cc1. The normalized spacial score (nSPS) is 24.1. The first kappa shape index (κ1) is 13.2. The van der Waals surface area contributed by atoms with Gasteiger partial charge in [-0.15, -0.1) is 5.06 Å². The molecule has 20 heavy (non-hydrogen) atoms. The van der Waals surface area contributed by atoms with Crippen molar-refractivity contribution in [3.05, 3.63) is 29.8 Å². The van der Waals surface area contributed by atoms with E-state index in [2.05, 4.69) is 0 Å². The van der Waals surface area contributed by atoms with Crippen LogP contribution in [-0.2, 0) is 14.4 Å². The van der Waals surface area contributed by atoms with Crippen LogP contribution < -0.4 is 5.06 Å². The van der Waals surface area contributed by atoms with Crippen molar-refractivity contribution in [2.75, 3.05) is 5.06 Å². The minimum absolute atomic E-state index is 0.152. The topological polar surface area (TPSA) is 46.6 Å². The van der Waals surface area contributed by atoms with Crippen LogP contribution in [0.1, 0.15) is 37.7 Å². The summed E-state index contributed by atoms with van der Waals surface area (Å²) in [6.07, 6.45) is 5.31. The van der Waals surface area contributed by atoms with Crippen LogP contribution >= 0.6 is 0 Å². The van der Waals surface area contributed by atoms with Gasteiger partial charge in [-0.1, -0.05) is 37.0 Å². The molecule has 1 heterocycles. The summed E-state index contributed by atoms with van der Waals surface area (Å²) in [7, 11) is 0. The number of carbonyl (C=O) groups is 2. The molecule has 4 nitrogen and oxygen atoms in total. The lowest BCUT2D eigenvalue weighted by atomic mass is 9.80. The molecule has 4 heteroatoms. The number of hydroxylamine groups is 1. The Bertz CT molecular complexity index is 517. The van der Waals surface area contributed by atoms with Gasteiger partial charge in [-0.3, -0.25) is 4.79 Å². The highest BCUT2D eigenvalue weighted by molar-refractivity contribution is 6.10. The van der Waals surface area contributed by atoms with E-state index in [0.29, 0.717) is 5.69 Å². The van der Waals surface area contributed by atoms with E-state index in [4.69, 9.17) is 4.84 Å². The van der Waals surface area contributed by atoms with Crippen LogP contribution in [0, 0.1) is 18.8 Å². The Morgan fingerprint density at radius 3 is 2.35 bits per heavy atom. The first-order valence-electron chi connectivity index (χ1n) is 7.29. The highest BCUT2D eigenvalue weighted by atomic mass is 16.7. The fourth-order valence-corrected chi connectivity index (χ4v) is 3.14. The maximum Gasteiger partial charge on any atom is 0.345 e. The minimum atomic E-state index is -0.600. The van der Waals surface area contributed by atoms with Crippen LogP contribution in [0.4, 0.5) is 5.69 Å². The zero-order valence-electron chi connectivity index (χ0n) is 11.7. The fraction of sp³-hybridized carbons (Fsp3) is 0.500. The number of hydrogen-bond acceptors (Lipinski definition) is 3. The first-order valence-corrected chi connectivity index (χ1v) is 7.29. The van der Waals surface area contributed by atoms with Crippen molar-refractivity contribution >= 4 is 17.6 Å². The van der Waals surface area contributed by atoms with Crippen molar-refractivity contribution in [3.63, 3.8) is 0 Å². The van der Waals surface area contributed by atoms with E-state index in [1.54, 1.807) is 0 Å². The molecule has 1 unspecified atom stereocenters. The van der Waals surface area contributed by atoms with Crippen molar-refractivity contribution in [2.45, 2.75) is 39.0 Å². The summed E-state index contributed by atoms with van der Waals surface area (Å²) in [4.78, 5) is 29.7. The number of benzene rings is 1. The summed E-state index contributed by atoms with van der Waals surface area (Å²) in [5.41, 5.74) is 1.74. The average molecular weight is 273 g/mol. The van der Waals surface area contributed by atoms with Gasteiger partial charge in [0, 0.05) is 0 Å². The molecule has 1 amide bonds. The van der Waals surface area contributed by atoms with Gasteiger partial charge in [0.25, 0.3) is 5.91 Å². The summed E-state index contributed by atoms with van der Waals surface area (Å²) in [6.45, 7) is 1.98. The Labute approximate surface area is 118 Å². The molecular formula is C16H19NO3. The molecule has 0 radical (unpaired) electrons. The largest absolute Gasteiger partial charge is 0.345 e. The summed E-state index contributed by atoms with van der Waals surface area (Å²) in [5.74, 6) is -1.04. The molecule has 1 aliphatic heterocycles. The number of nitrogens with zero attached hydrogens (tertiary/aromatic N) is 1. The molecule has 0 aromatic heterocycles. The van der Waals surface area contributed by atoms with Gasteiger partial charge < -0.3 is 4.84 Å². The second-order valence-electron chi connectivity index (χ2n) is 5.75. The van der Waals surface area contributed by atoms with Gasteiger partial charge in [0.2, 0.25) is 0 Å². The van der Waals surface area contributed by atoms with E-state index in [9.17, 15) is 9.59 Å². The van der Waals surface area contributed by atoms with Crippen LogP contribution in [0.15, 0.2) is 24.3 Å². The second-order valence-corrected chi connectivity index (χ2v) is 5.75. The van der Waals surface area contributed by atoms with Gasteiger partial charge >= 0.3 is 5.97 Å². The smallest absolute Gasteiger partial charge is 0.332 e. The molecule has 2 fully saturated rings. The lowest BCUT2D eigenvalue weighted by molar-refractivity contribution is -0.143. The zero-order valence-corrected chi connectivity index (χ0v) is 11.7. The summed E-state index contributed by atoms with van der Waals surface area (Å²) >= 11 is 0. The molecule has 0 bridgehead atoms. The van der Waals surface area contributed by atoms with E-state index in [1.807, 2.05) is 31.2 Å². The van der Waals surface area contributed by atoms with Crippen LogP contribution in [-0.4, -0.2) is 11.9 Å². The van der Waals surface area contributed by atoms with Crippen molar-refractivity contribution < 1.29 is 14.4 Å². The third-order valence-corrected chi connectivity index (χ3v) is 4.29.